The minimum Gasteiger partial charge on any atom is -0.305 e. The summed E-state index contributed by atoms with van der Waals surface area (Å²) in [5.41, 5.74) is 2.05. The first kappa shape index (κ1) is 16.5. The number of amides is 1. The molecule has 0 aliphatic carbocycles. The molecule has 1 aliphatic heterocycles. The second-order valence-electron chi connectivity index (χ2n) is 5.57. The van der Waals surface area contributed by atoms with Gasteiger partial charge in [0.05, 0.1) is 12.5 Å². The van der Waals surface area contributed by atoms with Gasteiger partial charge in [-0.1, -0.05) is 60.3 Å². The molecule has 1 heterocycles. The van der Waals surface area contributed by atoms with Gasteiger partial charge >= 0.3 is 0 Å². The molecule has 5 heteroatoms. The van der Waals surface area contributed by atoms with Crippen molar-refractivity contribution in [2.75, 3.05) is 12.3 Å². The SMILES string of the molecule is CC(C(=O)NC1=NCCS1)c1cccc(C(=O)c2ccccc2)c1. The van der Waals surface area contributed by atoms with Crippen LogP contribution in [0.2, 0.25) is 0 Å². The van der Waals surface area contributed by atoms with Crippen LogP contribution in [0.4, 0.5) is 0 Å². The maximum absolute atomic E-state index is 12.5. The van der Waals surface area contributed by atoms with Crippen molar-refractivity contribution < 1.29 is 9.59 Å². The lowest BCUT2D eigenvalue weighted by Gasteiger charge is -2.13. The Morgan fingerprint density at radius 3 is 2.54 bits per heavy atom. The summed E-state index contributed by atoms with van der Waals surface area (Å²) in [5.74, 6) is 0.413. The number of hydrogen-bond donors (Lipinski definition) is 1. The van der Waals surface area contributed by atoms with E-state index >= 15 is 0 Å². The molecule has 0 fully saturated rings. The van der Waals surface area contributed by atoms with Crippen molar-refractivity contribution in [3.63, 3.8) is 0 Å². The van der Waals surface area contributed by atoms with E-state index in [0.717, 1.165) is 17.9 Å². The molecule has 0 radical (unpaired) electrons. The van der Waals surface area contributed by atoms with E-state index in [4.69, 9.17) is 0 Å². The van der Waals surface area contributed by atoms with Crippen molar-refractivity contribution >= 4 is 28.6 Å². The number of carbonyl (C=O) groups is 2. The zero-order chi connectivity index (χ0) is 16.9. The molecular formula is C19H18N2O2S. The first-order valence-corrected chi connectivity index (χ1v) is 8.81. The minimum absolute atomic E-state index is 0.0409. The first-order valence-electron chi connectivity index (χ1n) is 7.83. The van der Waals surface area contributed by atoms with Gasteiger partial charge in [-0.05, 0) is 18.6 Å². The molecule has 0 aromatic heterocycles. The highest BCUT2D eigenvalue weighted by molar-refractivity contribution is 8.14. The second kappa shape index (κ2) is 7.45. The van der Waals surface area contributed by atoms with Crippen LogP contribution in [-0.2, 0) is 4.79 Å². The number of benzene rings is 2. The van der Waals surface area contributed by atoms with Gasteiger partial charge in [0, 0.05) is 16.9 Å². The number of aliphatic imine (C=N–C) groups is 1. The minimum atomic E-state index is -0.350. The van der Waals surface area contributed by atoms with Crippen LogP contribution in [-0.4, -0.2) is 29.2 Å². The van der Waals surface area contributed by atoms with E-state index in [2.05, 4.69) is 10.3 Å². The van der Waals surface area contributed by atoms with E-state index < -0.39 is 0 Å². The summed E-state index contributed by atoms with van der Waals surface area (Å²) in [7, 11) is 0. The highest BCUT2D eigenvalue weighted by Crippen LogP contribution is 2.20. The Bertz CT molecular complexity index is 787. The fraction of sp³-hybridized carbons (Fsp3) is 0.211. The van der Waals surface area contributed by atoms with Crippen molar-refractivity contribution in [2.24, 2.45) is 4.99 Å². The smallest absolute Gasteiger partial charge is 0.233 e. The van der Waals surface area contributed by atoms with Gasteiger partial charge in [-0.2, -0.15) is 0 Å². The van der Waals surface area contributed by atoms with Gasteiger partial charge in [0.1, 0.15) is 0 Å². The number of amidine groups is 1. The topological polar surface area (TPSA) is 58.5 Å². The Hall–Kier alpha value is -2.40. The maximum Gasteiger partial charge on any atom is 0.233 e. The highest BCUT2D eigenvalue weighted by Gasteiger charge is 2.19. The monoisotopic (exact) mass is 338 g/mol. The molecule has 2 aromatic rings. The van der Waals surface area contributed by atoms with Crippen LogP contribution in [0.1, 0.15) is 34.3 Å². The van der Waals surface area contributed by atoms with E-state index in [1.165, 1.54) is 0 Å². The molecule has 4 nitrogen and oxygen atoms in total. The number of ketones is 1. The lowest BCUT2D eigenvalue weighted by molar-refractivity contribution is -0.120. The molecule has 1 N–H and O–H groups in total. The van der Waals surface area contributed by atoms with Crippen LogP contribution >= 0.6 is 11.8 Å². The Balaban J connectivity index is 1.77. The summed E-state index contributed by atoms with van der Waals surface area (Å²) >= 11 is 1.55. The third-order valence-corrected chi connectivity index (χ3v) is 4.78. The summed E-state index contributed by atoms with van der Waals surface area (Å²) in [5, 5.41) is 3.53. The van der Waals surface area contributed by atoms with Gasteiger partial charge < -0.3 is 5.32 Å². The molecule has 1 amide bonds. The number of thioether (sulfide) groups is 1. The zero-order valence-electron chi connectivity index (χ0n) is 13.4. The van der Waals surface area contributed by atoms with Crippen molar-refractivity contribution in [3.05, 3.63) is 71.3 Å². The normalized spacial score (nSPS) is 14.8. The van der Waals surface area contributed by atoms with E-state index in [-0.39, 0.29) is 17.6 Å². The number of nitrogens with zero attached hydrogens (tertiary/aromatic N) is 1. The quantitative estimate of drug-likeness (QED) is 0.871. The molecule has 24 heavy (non-hydrogen) atoms. The third kappa shape index (κ3) is 3.74. The van der Waals surface area contributed by atoms with Gasteiger partial charge in [-0.25, -0.2) is 0 Å². The Kier molecular flexibility index (Phi) is 5.11. The van der Waals surface area contributed by atoms with Crippen LogP contribution in [0.3, 0.4) is 0 Å². The fourth-order valence-corrected chi connectivity index (χ4v) is 3.21. The molecule has 0 saturated carbocycles. The standard InChI is InChI=1S/C19H18N2O2S/c1-13(18(23)21-19-20-10-11-24-19)15-8-5-9-16(12-15)17(22)14-6-3-2-4-7-14/h2-9,12-13H,10-11H2,1H3,(H,20,21,23). The van der Waals surface area contributed by atoms with Gasteiger partial charge in [-0.15, -0.1) is 0 Å². The van der Waals surface area contributed by atoms with Crippen LogP contribution < -0.4 is 5.32 Å². The van der Waals surface area contributed by atoms with E-state index in [1.807, 2.05) is 37.3 Å². The molecule has 2 aromatic carbocycles. The van der Waals surface area contributed by atoms with Crippen LogP contribution in [0, 0.1) is 0 Å². The van der Waals surface area contributed by atoms with Crippen molar-refractivity contribution in [3.8, 4) is 0 Å². The van der Waals surface area contributed by atoms with E-state index in [9.17, 15) is 9.59 Å². The van der Waals surface area contributed by atoms with Gasteiger partial charge in [-0.3, -0.25) is 14.6 Å². The Morgan fingerprint density at radius 1 is 1.08 bits per heavy atom. The molecule has 1 unspecified atom stereocenters. The van der Waals surface area contributed by atoms with Crippen LogP contribution in [0.25, 0.3) is 0 Å². The Labute approximate surface area is 145 Å². The summed E-state index contributed by atoms with van der Waals surface area (Å²) < 4.78 is 0. The van der Waals surface area contributed by atoms with Crippen LogP contribution in [0.5, 0.6) is 0 Å². The van der Waals surface area contributed by atoms with Gasteiger partial charge in [0.25, 0.3) is 0 Å². The lowest BCUT2D eigenvalue weighted by atomic mass is 9.95. The number of nitrogens with one attached hydrogen (secondary N) is 1. The molecule has 0 bridgehead atoms. The fourth-order valence-electron chi connectivity index (χ4n) is 2.48. The third-order valence-electron chi connectivity index (χ3n) is 3.89. The summed E-state index contributed by atoms with van der Waals surface area (Å²) in [6.07, 6.45) is 0. The van der Waals surface area contributed by atoms with Crippen LogP contribution in [0.15, 0.2) is 59.6 Å². The van der Waals surface area contributed by atoms with Crippen molar-refractivity contribution in [2.45, 2.75) is 12.8 Å². The lowest BCUT2D eigenvalue weighted by Crippen LogP contribution is -2.31. The average Bonchev–Trinajstić information content (AvgIpc) is 3.14. The molecule has 1 aliphatic rings. The largest absolute Gasteiger partial charge is 0.305 e. The molecule has 122 valence electrons. The number of carbonyl (C=O) groups excluding carboxylic acids is 2. The van der Waals surface area contributed by atoms with Gasteiger partial charge in [0.2, 0.25) is 5.91 Å². The molecule has 0 saturated heterocycles. The summed E-state index contributed by atoms with van der Waals surface area (Å²) in [4.78, 5) is 29.1. The number of hydrogen-bond acceptors (Lipinski definition) is 4. The van der Waals surface area contributed by atoms with Gasteiger partial charge in [0.15, 0.2) is 11.0 Å². The van der Waals surface area contributed by atoms with E-state index in [0.29, 0.717) is 16.3 Å². The summed E-state index contributed by atoms with van der Waals surface area (Å²) in [6, 6.07) is 16.4. The average molecular weight is 338 g/mol. The van der Waals surface area contributed by atoms with Crippen molar-refractivity contribution in [1.29, 1.82) is 0 Å². The molecular weight excluding hydrogens is 320 g/mol. The highest BCUT2D eigenvalue weighted by atomic mass is 32.2. The second-order valence-corrected chi connectivity index (χ2v) is 6.65. The molecule has 1 atom stereocenters. The molecule has 3 rings (SSSR count). The maximum atomic E-state index is 12.5. The summed E-state index contributed by atoms with van der Waals surface area (Å²) in [6.45, 7) is 2.58. The molecule has 0 spiro atoms. The van der Waals surface area contributed by atoms with E-state index in [1.54, 1.807) is 36.0 Å². The first-order chi connectivity index (χ1) is 11.6. The Morgan fingerprint density at radius 2 is 1.83 bits per heavy atom. The zero-order valence-corrected chi connectivity index (χ0v) is 14.2. The predicted molar refractivity (Wildman–Crippen MR) is 97.6 cm³/mol. The predicted octanol–water partition coefficient (Wildman–Crippen LogP) is 3.24. The van der Waals surface area contributed by atoms with Crippen molar-refractivity contribution in [1.82, 2.24) is 5.32 Å². The number of rotatable bonds is 4.